The number of furan rings is 1. The van der Waals surface area contributed by atoms with Crippen molar-refractivity contribution in [2.45, 2.75) is 19.7 Å². The third-order valence-electron chi connectivity index (χ3n) is 3.35. The van der Waals surface area contributed by atoms with Gasteiger partial charge in [0.05, 0.1) is 12.0 Å². The normalized spacial score (nSPS) is 11.5. The molecule has 7 nitrogen and oxygen atoms in total. The zero-order valence-corrected chi connectivity index (χ0v) is 17.2. The number of para-hydroxylation sites is 2. The maximum atomic E-state index is 12.4. The number of aryl methyl sites for hydroxylation is 1. The molecule has 0 aliphatic carbocycles. The SMILES string of the molecule is Cc1ccoc1C(=O)NCCCN=C(N)Nc1ccccc1OC(F)(F)F.I. The molecule has 1 heterocycles. The zero-order chi connectivity index (χ0) is 19.9. The van der Waals surface area contributed by atoms with Gasteiger partial charge in [0.2, 0.25) is 0 Å². The van der Waals surface area contributed by atoms with E-state index in [0.29, 0.717) is 13.0 Å². The number of nitrogens with two attached hydrogens (primary N) is 1. The monoisotopic (exact) mass is 512 g/mol. The average molecular weight is 512 g/mol. The Morgan fingerprint density at radius 3 is 2.64 bits per heavy atom. The van der Waals surface area contributed by atoms with Crippen molar-refractivity contribution >= 4 is 41.5 Å². The van der Waals surface area contributed by atoms with Crippen LogP contribution >= 0.6 is 24.0 Å². The summed E-state index contributed by atoms with van der Waals surface area (Å²) in [7, 11) is 0. The Labute approximate surface area is 176 Å². The maximum Gasteiger partial charge on any atom is 0.573 e. The van der Waals surface area contributed by atoms with Crippen LogP contribution in [0.25, 0.3) is 0 Å². The number of halogens is 4. The molecule has 0 radical (unpaired) electrons. The van der Waals surface area contributed by atoms with Crippen LogP contribution < -0.4 is 21.1 Å². The number of aliphatic imine (C=N–C) groups is 1. The van der Waals surface area contributed by atoms with E-state index >= 15 is 0 Å². The van der Waals surface area contributed by atoms with Crippen LogP contribution in [-0.4, -0.2) is 31.3 Å². The second-order valence-corrected chi connectivity index (χ2v) is 5.48. The van der Waals surface area contributed by atoms with Crippen LogP contribution in [0, 0.1) is 6.92 Å². The number of hydrogen-bond donors (Lipinski definition) is 3. The van der Waals surface area contributed by atoms with E-state index in [-0.39, 0.29) is 53.8 Å². The minimum Gasteiger partial charge on any atom is -0.459 e. The lowest BCUT2D eigenvalue weighted by Crippen LogP contribution is -2.26. The fraction of sp³-hybridized carbons (Fsp3) is 0.294. The van der Waals surface area contributed by atoms with Crippen molar-refractivity contribution in [1.82, 2.24) is 5.32 Å². The van der Waals surface area contributed by atoms with Crippen molar-refractivity contribution in [1.29, 1.82) is 0 Å². The Balaban J connectivity index is 0.00000392. The Morgan fingerprint density at radius 1 is 1.29 bits per heavy atom. The molecule has 28 heavy (non-hydrogen) atoms. The second-order valence-electron chi connectivity index (χ2n) is 5.48. The van der Waals surface area contributed by atoms with Crippen molar-refractivity contribution in [2.75, 3.05) is 18.4 Å². The van der Waals surface area contributed by atoms with E-state index in [9.17, 15) is 18.0 Å². The van der Waals surface area contributed by atoms with E-state index in [2.05, 4.69) is 20.4 Å². The average Bonchev–Trinajstić information content (AvgIpc) is 3.01. The fourth-order valence-corrected chi connectivity index (χ4v) is 2.13. The van der Waals surface area contributed by atoms with Crippen molar-refractivity contribution in [3.8, 4) is 5.75 Å². The minimum atomic E-state index is -4.81. The maximum absolute atomic E-state index is 12.4. The Morgan fingerprint density at radius 2 is 2.00 bits per heavy atom. The van der Waals surface area contributed by atoms with E-state index < -0.39 is 12.1 Å². The predicted octanol–water partition coefficient (Wildman–Crippen LogP) is 3.65. The highest BCUT2D eigenvalue weighted by molar-refractivity contribution is 14.0. The zero-order valence-electron chi connectivity index (χ0n) is 14.9. The van der Waals surface area contributed by atoms with Gasteiger partial charge >= 0.3 is 6.36 Å². The molecule has 1 aromatic carbocycles. The number of guanidine groups is 1. The molecule has 1 amide bonds. The number of nitrogens with one attached hydrogen (secondary N) is 2. The van der Waals surface area contributed by atoms with Crippen molar-refractivity contribution in [3.05, 3.63) is 47.9 Å². The molecule has 1 aromatic heterocycles. The van der Waals surface area contributed by atoms with Crippen LogP contribution in [0.15, 0.2) is 46.0 Å². The first-order chi connectivity index (χ1) is 12.8. The quantitative estimate of drug-likeness (QED) is 0.228. The Hall–Kier alpha value is -2.44. The van der Waals surface area contributed by atoms with Crippen LogP contribution in [0.1, 0.15) is 22.5 Å². The highest BCUT2D eigenvalue weighted by atomic mass is 127. The molecule has 0 saturated heterocycles. The fourth-order valence-electron chi connectivity index (χ4n) is 2.13. The van der Waals surface area contributed by atoms with Gasteiger partial charge < -0.3 is 25.5 Å². The molecule has 2 aromatic rings. The van der Waals surface area contributed by atoms with Gasteiger partial charge in [-0.3, -0.25) is 9.79 Å². The van der Waals surface area contributed by atoms with E-state index in [1.807, 2.05) is 0 Å². The summed E-state index contributed by atoms with van der Waals surface area (Å²) in [5.41, 5.74) is 6.45. The molecule has 0 spiro atoms. The topological polar surface area (TPSA) is 102 Å². The summed E-state index contributed by atoms with van der Waals surface area (Å²) in [6.07, 6.45) is -2.90. The third-order valence-corrected chi connectivity index (χ3v) is 3.35. The van der Waals surface area contributed by atoms with Crippen molar-refractivity contribution < 1.29 is 27.1 Å². The molecule has 0 unspecified atom stereocenters. The summed E-state index contributed by atoms with van der Waals surface area (Å²) in [5, 5.41) is 5.24. The number of amides is 1. The molecule has 2 rings (SSSR count). The first-order valence-electron chi connectivity index (χ1n) is 8.00. The number of carbonyl (C=O) groups is 1. The van der Waals surface area contributed by atoms with Gasteiger partial charge in [-0.25, -0.2) is 0 Å². The largest absolute Gasteiger partial charge is 0.573 e. The van der Waals surface area contributed by atoms with Gasteiger partial charge in [0, 0.05) is 18.7 Å². The van der Waals surface area contributed by atoms with Crippen LogP contribution in [0.2, 0.25) is 0 Å². The minimum absolute atomic E-state index is 0. The summed E-state index contributed by atoms with van der Waals surface area (Å²) in [5.74, 6) is -0.558. The second kappa shape index (κ2) is 10.8. The first-order valence-corrected chi connectivity index (χ1v) is 8.00. The molecule has 0 aliphatic rings. The Bertz CT molecular complexity index is 809. The number of carbonyl (C=O) groups excluding carboxylic acids is 1. The van der Waals surface area contributed by atoms with Gasteiger partial charge in [-0.05, 0) is 31.5 Å². The summed E-state index contributed by atoms with van der Waals surface area (Å²) >= 11 is 0. The molecule has 0 fully saturated rings. The van der Waals surface area contributed by atoms with Gasteiger partial charge in [0.1, 0.15) is 0 Å². The lowest BCUT2D eigenvalue weighted by Gasteiger charge is -2.14. The lowest BCUT2D eigenvalue weighted by molar-refractivity contribution is -0.274. The van der Waals surface area contributed by atoms with E-state index in [1.165, 1.54) is 24.5 Å². The van der Waals surface area contributed by atoms with Crippen LogP contribution in [0.4, 0.5) is 18.9 Å². The number of nitrogens with zero attached hydrogens (tertiary/aromatic N) is 1. The first kappa shape index (κ1) is 23.6. The summed E-state index contributed by atoms with van der Waals surface area (Å²) in [4.78, 5) is 15.8. The highest BCUT2D eigenvalue weighted by Gasteiger charge is 2.32. The van der Waals surface area contributed by atoms with Crippen molar-refractivity contribution in [3.63, 3.8) is 0 Å². The Kier molecular flexibility index (Phi) is 9.09. The number of ether oxygens (including phenoxy) is 1. The molecule has 4 N–H and O–H groups in total. The number of alkyl halides is 3. The van der Waals surface area contributed by atoms with Gasteiger partial charge in [-0.1, -0.05) is 12.1 Å². The van der Waals surface area contributed by atoms with Gasteiger partial charge in [-0.15, -0.1) is 37.1 Å². The third kappa shape index (κ3) is 7.66. The smallest absolute Gasteiger partial charge is 0.459 e. The van der Waals surface area contributed by atoms with Crippen LogP contribution in [0.3, 0.4) is 0 Å². The molecule has 154 valence electrons. The van der Waals surface area contributed by atoms with Crippen LogP contribution in [0.5, 0.6) is 5.75 Å². The summed E-state index contributed by atoms with van der Waals surface area (Å²) in [6.45, 7) is 2.36. The van der Waals surface area contributed by atoms with Crippen LogP contribution in [-0.2, 0) is 0 Å². The molecule has 0 atom stereocenters. The molecule has 0 aliphatic heterocycles. The number of anilines is 1. The lowest BCUT2D eigenvalue weighted by atomic mass is 10.2. The summed E-state index contributed by atoms with van der Waals surface area (Å²) in [6, 6.07) is 7.17. The van der Waals surface area contributed by atoms with E-state index in [1.54, 1.807) is 13.0 Å². The number of hydrogen-bond acceptors (Lipinski definition) is 4. The molecule has 11 heteroatoms. The number of benzene rings is 1. The highest BCUT2D eigenvalue weighted by Crippen LogP contribution is 2.29. The standard InChI is InChI=1S/C17H19F3N4O3.HI/c1-11-7-10-26-14(11)15(25)22-8-4-9-23-16(21)24-12-5-2-3-6-13(12)27-17(18,19)20;/h2-3,5-7,10H,4,8-9H2,1H3,(H,22,25)(H3,21,23,24);1H. The predicted molar refractivity (Wildman–Crippen MR) is 109 cm³/mol. The van der Waals surface area contributed by atoms with Crippen molar-refractivity contribution in [2.24, 2.45) is 10.7 Å². The van der Waals surface area contributed by atoms with Gasteiger partial charge in [-0.2, -0.15) is 0 Å². The van der Waals surface area contributed by atoms with Gasteiger partial charge in [0.25, 0.3) is 5.91 Å². The van der Waals surface area contributed by atoms with E-state index in [4.69, 9.17) is 10.2 Å². The molecular formula is C17H20F3IN4O3. The van der Waals surface area contributed by atoms with E-state index in [0.717, 1.165) is 11.6 Å². The van der Waals surface area contributed by atoms with Gasteiger partial charge in [0.15, 0.2) is 17.5 Å². The molecule has 0 bridgehead atoms. The molecule has 0 saturated carbocycles. The number of rotatable bonds is 7. The summed E-state index contributed by atoms with van der Waals surface area (Å²) < 4.78 is 46.1. The molecular weight excluding hydrogens is 492 g/mol.